The number of nitro groups is 2. The molecule has 1 aromatic heterocycles. The fourth-order valence-electron chi connectivity index (χ4n) is 1.43. The van der Waals surface area contributed by atoms with Gasteiger partial charge in [0.1, 0.15) is 11.9 Å². The Hall–Kier alpha value is -3.30. The van der Waals surface area contributed by atoms with Crippen molar-refractivity contribution in [3.05, 3.63) is 50.7 Å². The zero-order valence-electron chi connectivity index (χ0n) is 10.7. The largest absolute Gasteiger partial charge is 0.434 e. The standard InChI is InChI=1S/C11H9N5O5/c1-12-11-13-6-9(16(19)20)10(14-11)21-8-4-2-7(3-5-8)15(17)18/h2-6H,1H3,(H,12,13,14). The van der Waals surface area contributed by atoms with Gasteiger partial charge in [0.2, 0.25) is 5.95 Å². The number of hydrogen-bond acceptors (Lipinski definition) is 8. The van der Waals surface area contributed by atoms with Crippen molar-refractivity contribution in [1.82, 2.24) is 9.97 Å². The predicted octanol–water partition coefficient (Wildman–Crippen LogP) is 2.13. The molecule has 0 amide bonds. The van der Waals surface area contributed by atoms with E-state index in [0.717, 1.165) is 6.20 Å². The number of benzene rings is 1. The number of hydrogen-bond donors (Lipinski definition) is 1. The summed E-state index contributed by atoms with van der Waals surface area (Å²) in [6, 6.07) is 5.09. The van der Waals surface area contributed by atoms with Crippen molar-refractivity contribution < 1.29 is 14.6 Å². The average molecular weight is 291 g/mol. The van der Waals surface area contributed by atoms with Gasteiger partial charge in [-0.2, -0.15) is 4.98 Å². The van der Waals surface area contributed by atoms with E-state index in [1.54, 1.807) is 7.05 Å². The monoisotopic (exact) mass is 291 g/mol. The lowest BCUT2D eigenvalue weighted by Crippen LogP contribution is -2.02. The van der Waals surface area contributed by atoms with Crippen LogP contribution in [0, 0.1) is 20.2 Å². The second-order valence-corrected chi connectivity index (χ2v) is 3.74. The Balaban J connectivity index is 2.33. The van der Waals surface area contributed by atoms with Crippen molar-refractivity contribution in [2.45, 2.75) is 0 Å². The van der Waals surface area contributed by atoms with Crippen molar-refractivity contribution in [2.75, 3.05) is 12.4 Å². The van der Waals surface area contributed by atoms with Crippen molar-refractivity contribution in [1.29, 1.82) is 0 Å². The SMILES string of the molecule is CNc1ncc([N+](=O)[O-])c(Oc2ccc([N+](=O)[O-])cc2)n1. The third kappa shape index (κ3) is 3.18. The third-order valence-corrected chi connectivity index (χ3v) is 2.42. The summed E-state index contributed by atoms with van der Waals surface area (Å²) in [5.74, 6) is 0.0789. The Labute approximate surface area is 117 Å². The molecule has 10 heteroatoms. The lowest BCUT2D eigenvalue weighted by molar-refractivity contribution is -0.386. The Morgan fingerprint density at radius 1 is 1.14 bits per heavy atom. The lowest BCUT2D eigenvalue weighted by atomic mass is 10.3. The van der Waals surface area contributed by atoms with Crippen LogP contribution >= 0.6 is 0 Å². The highest BCUT2D eigenvalue weighted by atomic mass is 16.6. The minimum Gasteiger partial charge on any atom is -0.434 e. The van der Waals surface area contributed by atoms with Crippen molar-refractivity contribution in [2.24, 2.45) is 0 Å². The minimum atomic E-state index is -0.680. The second kappa shape index (κ2) is 5.77. The van der Waals surface area contributed by atoms with Crippen LogP contribution in [0.4, 0.5) is 17.3 Å². The van der Waals surface area contributed by atoms with Gasteiger partial charge in [-0.1, -0.05) is 0 Å². The summed E-state index contributed by atoms with van der Waals surface area (Å²) < 4.78 is 5.29. The highest BCUT2D eigenvalue weighted by Gasteiger charge is 2.19. The van der Waals surface area contributed by atoms with E-state index in [4.69, 9.17) is 4.74 Å². The molecule has 0 fully saturated rings. The molecule has 1 aromatic carbocycles. The predicted molar refractivity (Wildman–Crippen MR) is 71.4 cm³/mol. The molecule has 1 N–H and O–H groups in total. The fraction of sp³-hybridized carbons (Fsp3) is 0.0909. The van der Waals surface area contributed by atoms with E-state index >= 15 is 0 Å². The summed E-state index contributed by atoms with van der Waals surface area (Å²) in [6.07, 6.45) is 1.01. The first-order valence-corrected chi connectivity index (χ1v) is 5.62. The van der Waals surface area contributed by atoms with Gasteiger partial charge in [-0.15, -0.1) is 0 Å². The molecule has 0 saturated heterocycles. The topological polar surface area (TPSA) is 133 Å². The molecule has 21 heavy (non-hydrogen) atoms. The quantitative estimate of drug-likeness (QED) is 0.654. The molecule has 0 atom stereocenters. The molecule has 0 saturated carbocycles. The van der Waals surface area contributed by atoms with Gasteiger partial charge >= 0.3 is 11.6 Å². The first kappa shape index (κ1) is 14.1. The molecule has 0 aliphatic carbocycles. The van der Waals surface area contributed by atoms with Gasteiger partial charge in [-0.25, -0.2) is 4.98 Å². The fourth-order valence-corrected chi connectivity index (χ4v) is 1.43. The molecule has 0 bridgehead atoms. The number of rotatable bonds is 5. The van der Waals surface area contributed by atoms with Crippen LogP contribution in [0.2, 0.25) is 0 Å². The number of nitrogens with zero attached hydrogens (tertiary/aromatic N) is 4. The molecule has 0 aliphatic heterocycles. The number of nitrogens with one attached hydrogen (secondary N) is 1. The molecule has 2 aromatic rings. The highest BCUT2D eigenvalue weighted by molar-refractivity contribution is 5.46. The average Bonchev–Trinajstić information content (AvgIpc) is 2.47. The van der Waals surface area contributed by atoms with Crippen LogP contribution in [0.15, 0.2) is 30.5 Å². The van der Waals surface area contributed by atoms with Gasteiger partial charge in [-0.3, -0.25) is 20.2 Å². The van der Waals surface area contributed by atoms with E-state index in [9.17, 15) is 20.2 Å². The third-order valence-electron chi connectivity index (χ3n) is 2.42. The summed E-state index contributed by atoms with van der Waals surface area (Å²) in [5.41, 5.74) is -0.525. The lowest BCUT2D eigenvalue weighted by Gasteiger charge is -2.06. The molecule has 0 aliphatic rings. The molecule has 2 rings (SSSR count). The van der Waals surface area contributed by atoms with E-state index in [0.29, 0.717) is 0 Å². The summed E-state index contributed by atoms with van der Waals surface area (Å²) in [5, 5.41) is 24.1. The molecular weight excluding hydrogens is 282 g/mol. The number of non-ortho nitro benzene ring substituents is 1. The Bertz CT molecular complexity index is 688. The van der Waals surface area contributed by atoms with Crippen LogP contribution in [0.3, 0.4) is 0 Å². The van der Waals surface area contributed by atoms with Gasteiger partial charge in [0, 0.05) is 19.2 Å². The summed E-state index contributed by atoms with van der Waals surface area (Å²) in [6.45, 7) is 0. The maximum atomic E-state index is 10.9. The first-order chi connectivity index (χ1) is 10.0. The minimum absolute atomic E-state index is 0.115. The maximum Gasteiger partial charge on any atom is 0.349 e. The summed E-state index contributed by atoms with van der Waals surface area (Å²) >= 11 is 0. The Kier molecular flexibility index (Phi) is 3.88. The van der Waals surface area contributed by atoms with Crippen LogP contribution in [0.25, 0.3) is 0 Å². The normalized spacial score (nSPS) is 9.95. The van der Waals surface area contributed by atoms with E-state index in [-0.39, 0.29) is 23.3 Å². The molecule has 10 nitrogen and oxygen atoms in total. The first-order valence-electron chi connectivity index (χ1n) is 5.62. The number of aromatic nitrogens is 2. The Morgan fingerprint density at radius 3 is 2.33 bits per heavy atom. The number of ether oxygens (including phenoxy) is 1. The maximum absolute atomic E-state index is 10.9. The van der Waals surface area contributed by atoms with Crippen LogP contribution in [-0.4, -0.2) is 26.9 Å². The highest BCUT2D eigenvalue weighted by Crippen LogP contribution is 2.30. The van der Waals surface area contributed by atoms with Gasteiger partial charge in [-0.05, 0) is 12.1 Å². The van der Waals surface area contributed by atoms with E-state index in [1.807, 2.05) is 0 Å². The Morgan fingerprint density at radius 2 is 1.81 bits per heavy atom. The molecule has 0 radical (unpaired) electrons. The summed E-state index contributed by atoms with van der Waals surface area (Å²) in [7, 11) is 1.55. The second-order valence-electron chi connectivity index (χ2n) is 3.74. The van der Waals surface area contributed by atoms with Gasteiger partial charge in [0.15, 0.2) is 0 Å². The number of anilines is 1. The van der Waals surface area contributed by atoms with Crippen LogP contribution < -0.4 is 10.1 Å². The number of nitro benzene ring substituents is 1. The van der Waals surface area contributed by atoms with Gasteiger partial charge < -0.3 is 10.1 Å². The van der Waals surface area contributed by atoms with E-state index in [1.165, 1.54) is 24.3 Å². The summed E-state index contributed by atoms with van der Waals surface area (Å²) in [4.78, 5) is 27.8. The van der Waals surface area contributed by atoms with Gasteiger partial charge in [0.25, 0.3) is 5.69 Å². The van der Waals surface area contributed by atoms with Crippen molar-refractivity contribution >= 4 is 17.3 Å². The molecule has 108 valence electrons. The smallest absolute Gasteiger partial charge is 0.349 e. The zero-order valence-corrected chi connectivity index (χ0v) is 10.7. The van der Waals surface area contributed by atoms with Crippen LogP contribution in [0.5, 0.6) is 11.6 Å². The molecule has 0 unspecified atom stereocenters. The van der Waals surface area contributed by atoms with Crippen molar-refractivity contribution in [3.8, 4) is 11.6 Å². The van der Waals surface area contributed by atoms with Crippen molar-refractivity contribution in [3.63, 3.8) is 0 Å². The molecule has 0 spiro atoms. The van der Waals surface area contributed by atoms with Crippen LogP contribution in [-0.2, 0) is 0 Å². The van der Waals surface area contributed by atoms with Crippen LogP contribution in [0.1, 0.15) is 0 Å². The molecule has 1 heterocycles. The van der Waals surface area contributed by atoms with E-state index in [2.05, 4.69) is 15.3 Å². The molecular formula is C11H9N5O5. The van der Waals surface area contributed by atoms with Gasteiger partial charge in [0.05, 0.1) is 9.85 Å². The zero-order chi connectivity index (χ0) is 15.4. The van der Waals surface area contributed by atoms with E-state index < -0.39 is 15.5 Å².